The van der Waals surface area contributed by atoms with Crippen molar-refractivity contribution in [1.82, 2.24) is 9.97 Å². The minimum atomic E-state index is 0.811. The summed E-state index contributed by atoms with van der Waals surface area (Å²) in [6.07, 6.45) is 5.10. The highest BCUT2D eigenvalue weighted by Crippen LogP contribution is 2.21. The van der Waals surface area contributed by atoms with E-state index < -0.39 is 0 Å². The second kappa shape index (κ2) is 3.46. The van der Waals surface area contributed by atoms with E-state index in [9.17, 15) is 0 Å². The second-order valence-electron chi connectivity index (χ2n) is 3.20. The summed E-state index contributed by atoms with van der Waals surface area (Å²) in [5, 5.41) is 0. The summed E-state index contributed by atoms with van der Waals surface area (Å²) in [7, 11) is 0. The lowest BCUT2D eigenvalue weighted by Crippen LogP contribution is -1.90. The summed E-state index contributed by atoms with van der Waals surface area (Å²) in [6, 6.07) is 5.91. The molecule has 0 aliphatic rings. The Kier molecular flexibility index (Phi) is 2.14. The highest BCUT2D eigenvalue weighted by molar-refractivity contribution is 5.66. The van der Waals surface area contributed by atoms with Gasteiger partial charge < -0.3 is 5.73 Å². The standard InChI is InChI=1S/C11H11N3/c1-8-4-9(2-3-11(8)12)10-5-13-7-14-6-10/h2-7H,12H2,1H3. The van der Waals surface area contributed by atoms with Gasteiger partial charge in [-0.1, -0.05) is 6.07 Å². The molecular weight excluding hydrogens is 174 g/mol. The molecule has 0 aliphatic heterocycles. The number of benzene rings is 1. The molecule has 0 radical (unpaired) electrons. The zero-order chi connectivity index (χ0) is 9.97. The van der Waals surface area contributed by atoms with Gasteiger partial charge in [0.05, 0.1) is 0 Å². The first kappa shape index (κ1) is 8.69. The molecule has 3 heteroatoms. The molecule has 2 aromatic rings. The fourth-order valence-corrected chi connectivity index (χ4v) is 1.30. The fourth-order valence-electron chi connectivity index (χ4n) is 1.30. The summed E-state index contributed by atoms with van der Waals surface area (Å²) in [5.74, 6) is 0. The third kappa shape index (κ3) is 1.57. The molecule has 0 spiro atoms. The maximum absolute atomic E-state index is 5.74. The first-order valence-corrected chi connectivity index (χ1v) is 4.39. The van der Waals surface area contributed by atoms with E-state index in [1.807, 2.05) is 25.1 Å². The van der Waals surface area contributed by atoms with Crippen molar-refractivity contribution in [3.8, 4) is 11.1 Å². The molecule has 0 aliphatic carbocycles. The highest BCUT2D eigenvalue weighted by atomic mass is 14.8. The SMILES string of the molecule is Cc1cc(-c2cncnc2)ccc1N. The van der Waals surface area contributed by atoms with E-state index in [2.05, 4.69) is 9.97 Å². The monoisotopic (exact) mass is 185 g/mol. The van der Waals surface area contributed by atoms with E-state index >= 15 is 0 Å². The largest absolute Gasteiger partial charge is 0.399 e. The van der Waals surface area contributed by atoms with E-state index in [4.69, 9.17) is 5.73 Å². The van der Waals surface area contributed by atoms with Gasteiger partial charge in [-0.15, -0.1) is 0 Å². The topological polar surface area (TPSA) is 51.8 Å². The Bertz CT molecular complexity index is 438. The van der Waals surface area contributed by atoms with Gasteiger partial charge in [-0.05, 0) is 30.2 Å². The van der Waals surface area contributed by atoms with Crippen LogP contribution in [0.3, 0.4) is 0 Å². The minimum absolute atomic E-state index is 0.811. The number of nitrogens with zero attached hydrogens (tertiary/aromatic N) is 2. The number of hydrogen-bond acceptors (Lipinski definition) is 3. The highest BCUT2D eigenvalue weighted by Gasteiger charge is 1.99. The first-order chi connectivity index (χ1) is 6.77. The Hall–Kier alpha value is -1.90. The van der Waals surface area contributed by atoms with Gasteiger partial charge in [0.2, 0.25) is 0 Å². The summed E-state index contributed by atoms with van der Waals surface area (Å²) in [4.78, 5) is 7.94. The number of aryl methyl sites for hydroxylation is 1. The molecule has 0 unspecified atom stereocenters. The van der Waals surface area contributed by atoms with Crippen molar-refractivity contribution in [2.45, 2.75) is 6.92 Å². The van der Waals surface area contributed by atoms with Gasteiger partial charge in [0.1, 0.15) is 6.33 Å². The molecule has 0 saturated carbocycles. The van der Waals surface area contributed by atoms with Crippen molar-refractivity contribution in [3.63, 3.8) is 0 Å². The Morgan fingerprint density at radius 3 is 2.43 bits per heavy atom. The lowest BCUT2D eigenvalue weighted by molar-refractivity contribution is 1.17. The van der Waals surface area contributed by atoms with Gasteiger partial charge in [-0.3, -0.25) is 0 Å². The molecular formula is C11H11N3. The molecule has 1 aromatic heterocycles. The molecule has 2 N–H and O–H groups in total. The van der Waals surface area contributed by atoms with Crippen LogP contribution in [-0.4, -0.2) is 9.97 Å². The maximum Gasteiger partial charge on any atom is 0.115 e. The van der Waals surface area contributed by atoms with Crippen LogP contribution in [0.25, 0.3) is 11.1 Å². The quantitative estimate of drug-likeness (QED) is 0.691. The summed E-state index contributed by atoms with van der Waals surface area (Å²) >= 11 is 0. The van der Waals surface area contributed by atoms with Crippen molar-refractivity contribution in [3.05, 3.63) is 42.5 Å². The molecule has 14 heavy (non-hydrogen) atoms. The molecule has 70 valence electrons. The number of aromatic nitrogens is 2. The molecule has 1 aromatic carbocycles. The van der Waals surface area contributed by atoms with Crippen LogP contribution in [0.5, 0.6) is 0 Å². The summed E-state index contributed by atoms with van der Waals surface area (Å²) < 4.78 is 0. The van der Waals surface area contributed by atoms with Crippen molar-refractivity contribution in [1.29, 1.82) is 0 Å². The van der Waals surface area contributed by atoms with E-state index in [1.165, 1.54) is 6.33 Å². The van der Waals surface area contributed by atoms with Crippen LogP contribution in [0.1, 0.15) is 5.56 Å². The molecule has 2 rings (SSSR count). The molecule has 1 heterocycles. The Morgan fingerprint density at radius 1 is 1.07 bits per heavy atom. The minimum Gasteiger partial charge on any atom is -0.399 e. The number of nitrogens with two attached hydrogens (primary N) is 1. The second-order valence-corrected chi connectivity index (χ2v) is 3.20. The van der Waals surface area contributed by atoms with Gasteiger partial charge in [0.15, 0.2) is 0 Å². The van der Waals surface area contributed by atoms with E-state index in [1.54, 1.807) is 12.4 Å². The predicted molar refractivity (Wildman–Crippen MR) is 56.6 cm³/mol. The zero-order valence-corrected chi connectivity index (χ0v) is 7.94. The first-order valence-electron chi connectivity index (χ1n) is 4.39. The van der Waals surface area contributed by atoms with Gasteiger partial charge in [0.25, 0.3) is 0 Å². The Labute approximate surface area is 82.6 Å². The van der Waals surface area contributed by atoms with Crippen LogP contribution in [0.2, 0.25) is 0 Å². The summed E-state index contributed by atoms with van der Waals surface area (Å²) in [6.45, 7) is 1.99. The molecule has 0 saturated heterocycles. The van der Waals surface area contributed by atoms with Crippen molar-refractivity contribution < 1.29 is 0 Å². The van der Waals surface area contributed by atoms with Crippen molar-refractivity contribution in [2.24, 2.45) is 0 Å². The van der Waals surface area contributed by atoms with Gasteiger partial charge >= 0.3 is 0 Å². The molecule has 0 amide bonds. The van der Waals surface area contributed by atoms with E-state index in [0.29, 0.717) is 0 Å². The van der Waals surface area contributed by atoms with Crippen LogP contribution in [-0.2, 0) is 0 Å². The van der Waals surface area contributed by atoms with Crippen molar-refractivity contribution >= 4 is 5.69 Å². The van der Waals surface area contributed by atoms with E-state index in [0.717, 1.165) is 22.4 Å². The van der Waals surface area contributed by atoms with Gasteiger partial charge in [0, 0.05) is 23.6 Å². The van der Waals surface area contributed by atoms with Crippen LogP contribution in [0, 0.1) is 6.92 Å². The molecule has 0 fully saturated rings. The van der Waals surface area contributed by atoms with Gasteiger partial charge in [-0.2, -0.15) is 0 Å². The molecule has 0 bridgehead atoms. The summed E-state index contributed by atoms with van der Waals surface area (Å²) in [5.41, 5.74) is 9.73. The molecule has 3 nitrogen and oxygen atoms in total. The molecule has 0 atom stereocenters. The zero-order valence-electron chi connectivity index (χ0n) is 7.94. The van der Waals surface area contributed by atoms with Crippen LogP contribution in [0.15, 0.2) is 36.9 Å². The Balaban J connectivity index is 2.48. The lowest BCUT2D eigenvalue weighted by Gasteiger charge is -2.03. The third-order valence-electron chi connectivity index (χ3n) is 2.16. The predicted octanol–water partition coefficient (Wildman–Crippen LogP) is 2.03. The van der Waals surface area contributed by atoms with E-state index in [-0.39, 0.29) is 0 Å². The van der Waals surface area contributed by atoms with Crippen LogP contribution in [0.4, 0.5) is 5.69 Å². The van der Waals surface area contributed by atoms with Gasteiger partial charge in [-0.25, -0.2) is 9.97 Å². The number of nitrogen functional groups attached to an aromatic ring is 1. The average Bonchev–Trinajstić information content (AvgIpc) is 2.23. The number of hydrogen-bond donors (Lipinski definition) is 1. The fraction of sp³-hybridized carbons (Fsp3) is 0.0909. The number of rotatable bonds is 1. The average molecular weight is 185 g/mol. The third-order valence-corrected chi connectivity index (χ3v) is 2.16. The maximum atomic E-state index is 5.74. The Morgan fingerprint density at radius 2 is 1.79 bits per heavy atom. The van der Waals surface area contributed by atoms with Crippen molar-refractivity contribution in [2.75, 3.05) is 5.73 Å². The van der Waals surface area contributed by atoms with Crippen LogP contribution < -0.4 is 5.73 Å². The van der Waals surface area contributed by atoms with Crippen LogP contribution >= 0.6 is 0 Å². The number of anilines is 1. The lowest BCUT2D eigenvalue weighted by atomic mass is 10.1. The normalized spacial score (nSPS) is 10.1. The smallest absolute Gasteiger partial charge is 0.115 e.